The molecule has 0 spiro atoms. The summed E-state index contributed by atoms with van der Waals surface area (Å²) in [5.74, 6) is -0.694. The van der Waals surface area contributed by atoms with E-state index in [0.717, 1.165) is 10.7 Å². The summed E-state index contributed by atoms with van der Waals surface area (Å²) in [5.41, 5.74) is 6.15. The Hall–Kier alpha value is -1.64. The third-order valence-corrected chi connectivity index (χ3v) is 7.29. The lowest BCUT2D eigenvalue weighted by molar-refractivity contribution is 0.0775. The fourth-order valence-corrected chi connectivity index (χ4v) is 5.44. The molecule has 3 aliphatic rings. The van der Waals surface area contributed by atoms with E-state index in [2.05, 4.69) is 0 Å². The summed E-state index contributed by atoms with van der Waals surface area (Å²) >= 11 is 0. The standard InChI is InChI=1S/C17H21N3O4S.ClH/c1-17(9-18)6-7-19(10-17)15(21)11-2-5-13-14(8-11)25(23,24)20(16(13)22)12-3-4-12;/h2,5,8,12H,3-4,6-7,9-10,18H2,1H3;1H. The summed E-state index contributed by atoms with van der Waals surface area (Å²) in [6.45, 7) is 3.70. The number of nitrogens with zero attached hydrogens (tertiary/aromatic N) is 2. The number of amides is 2. The minimum atomic E-state index is -3.85. The third-order valence-electron chi connectivity index (χ3n) is 5.41. The summed E-state index contributed by atoms with van der Waals surface area (Å²) in [6, 6.07) is 4.13. The number of halogens is 1. The van der Waals surface area contributed by atoms with Gasteiger partial charge in [-0.05, 0) is 49.4 Å². The van der Waals surface area contributed by atoms with Crippen molar-refractivity contribution in [1.29, 1.82) is 0 Å². The lowest BCUT2D eigenvalue weighted by atomic mass is 9.90. The van der Waals surface area contributed by atoms with Gasteiger partial charge in [-0.25, -0.2) is 12.7 Å². The van der Waals surface area contributed by atoms with Crippen LogP contribution >= 0.6 is 12.4 Å². The molecule has 2 heterocycles. The molecule has 1 aromatic carbocycles. The van der Waals surface area contributed by atoms with E-state index >= 15 is 0 Å². The summed E-state index contributed by atoms with van der Waals surface area (Å²) in [5, 5.41) is 0. The van der Waals surface area contributed by atoms with Crippen molar-refractivity contribution in [2.45, 2.75) is 37.1 Å². The van der Waals surface area contributed by atoms with E-state index in [1.807, 2.05) is 6.92 Å². The Morgan fingerprint density at radius 2 is 2.04 bits per heavy atom. The molecule has 0 radical (unpaired) electrons. The molecule has 142 valence electrons. The van der Waals surface area contributed by atoms with Gasteiger partial charge in [0.1, 0.15) is 4.90 Å². The Morgan fingerprint density at radius 1 is 1.35 bits per heavy atom. The number of rotatable bonds is 3. The van der Waals surface area contributed by atoms with Gasteiger partial charge in [-0.15, -0.1) is 12.4 Å². The van der Waals surface area contributed by atoms with Gasteiger partial charge in [0.2, 0.25) is 0 Å². The fourth-order valence-electron chi connectivity index (χ4n) is 3.60. The molecule has 1 saturated heterocycles. The SMILES string of the molecule is CC1(CN)CCN(C(=O)c2ccc3c(c2)S(=O)(=O)N(C2CC2)C3=O)C1.Cl. The number of benzene rings is 1. The highest BCUT2D eigenvalue weighted by atomic mass is 35.5. The first-order valence-electron chi connectivity index (χ1n) is 8.49. The van der Waals surface area contributed by atoms with Gasteiger partial charge in [-0.3, -0.25) is 9.59 Å². The van der Waals surface area contributed by atoms with Crippen molar-refractivity contribution in [2.24, 2.45) is 11.1 Å². The summed E-state index contributed by atoms with van der Waals surface area (Å²) in [4.78, 5) is 26.8. The van der Waals surface area contributed by atoms with Crippen molar-refractivity contribution in [3.8, 4) is 0 Å². The minimum absolute atomic E-state index is 0. The zero-order chi connectivity index (χ0) is 18.0. The predicted octanol–water partition coefficient (Wildman–Crippen LogP) is 1.23. The van der Waals surface area contributed by atoms with Crippen LogP contribution in [-0.2, 0) is 10.0 Å². The first kappa shape index (κ1) is 19.1. The normalized spacial score (nSPS) is 26.6. The first-order valence-corrected chi connectivity index (χ1v) is 9.93. The average molecular weight is 400 g/mol. The van der Waals surface area contributed by atoms with Crippen LogP contribution in [-0.4, -0.2) is 55.1 Å². The third kappa shape index (κ3) is 2.80. The molecule has 9 heteroatoms. The van der Waals surface area contributed by atoms with Crippen molar-refractivity contribution in [3.05, 3.63) is 29.3 Å². The molecule has 4 rings (SSSR count). The quantitative estimate of drug-likeness (QED) is 0.823. The Kier molecular flexibility index (Phi) is 4.57. The van der Waals surface area contributed by atoms with Crippen molar-refractivity contribution < 1.29 is 18.0 Å². The van der Waals surface area contributed by atoms with Crippen LogP contribution in [0.4, 0.5) is 0 Å². The minimum Gasteiger partial charge on any atom is -0.338 e. The summed E-state index contributed by atoms with van der Waals surface area (Å²) in [7, 11) is -3.85. The van der Waals surface area contributed by atoms with E-state index < -0.39 is 15.9 Å². The van der Waals surface area contributed by atoms with Gasteiger partial charge in [0.15, 0.2) is 0 Å². The van der Waals surface area contributed by atoms with Crippen molar-refractivity contribution >= 4 is 34.2 Å². The smallest absolute Gasteiger partial charge is 0.269 e. The molecule has 26 heavy (non-hydrogen) atoms. The van der Waals surface area contributed by atoms with Crippen LogP contribution in [0.25, 0.3) is 0 Å². The molecule has 1 aliphatic carbocycles. The molecular formula is C17H22ClN3O4S. The summed E-state index contributed by atoms with van der Waals surface area (Å²) in [6.07, 6.45) is 2.23. The lowest BCUT2D eigenvalue weighted by Crippen LogP contribution is -2.34. The Morgan fingerprint density at radius 3 is 2.62 bits per heavy atom. The van der Waals surface area contributed by atoms with Crippen LogP contribution in [0.15, 0.2) is 23.1 Å². The monoisotopic (exact) mass is 399 g/mol. The highest BCUT2D eigenvalue weighted by Crippen LogP contribution is 2.40. The van der Waals surface area contributed by atoms with Gasteiger partial charge in [-0.2, -0.15) is 0 Å². The average Bonchev–Trinajstić information content (AvgIpc) is 3.30. The molecule has 0 aromatic heterocycles. The van der Waals surface area contributed by atoms with Crippen molar-refractivity contribution in [2.75, 3.05) is 19.6 Å². The van der Waals surface area contributed by atoms with Gasteiger partial charge >= 0.3 is 0 Å². The molecule has 7 nitrogen and oxygen atoms in total. The van der Waals surface area contributed by atoms with Crippen LogP contribution in [0.5, 0.6) is 0 Å². The number of hydrogen-bond acceptors (Lipinski definition) is 5. The topological polar surface area (TPSA) is 101 Å². The number of carbonyl (C=O) groups excluding carboxylic acids is 2. The molecule has 1 saturated carbocycles. The molecule has 1 aromatic rings. The number of hydrogen-bond donors (Lipinski definition) is 1. The van der Waals surface area contributed by atoms with Crippen molar-refractivity contribution in [1.82, 2.24) is 9.21 Å². The fraction of sp³-hybridized carbons (Fsp3) is 0.529. The molecule has 1 atom stereocenters. The largest absolute Gasteiger partial charge is 0.338 e. The van der Waals surface area contributed by atoms with E-state index in [1.54, 1.807) is 11.0 Å². The van der Waals surface area contributed by atoms with E-state index in [4.69, 9.17) is 5.73 Å². The number of sulfonamides is 1. The van der Waals surface area contributed by atoms with Crippen molar-refractivity contribution in [3.63, 3.8) is 0 Å². The molecule has 2 N–H and O–H groups in total. The first-order chi connectivity index (χ1) is 11.8. The van der Waals surface area contributed by atoms with E-state index in [-0.39, 0.29) is 40.2 Å². The molecular weight excluding hydrogens is 378 g/mol. The lowest BCUT2D eigenvalue weighted by Gasteiger charge is -2.22. The van der Waals surface area contributed by atoms with Crippen LogP contribution in [0.2, 0.25) is 0 Å². The molecule has 2 fully saturated rings. The maximum atomic E-state index is 12.8. The van der Waals surface area contributed by atoms with Gasteiger partial charge in [-0.1, -0.05) is 6.92 Å². The molecule has 0 bridgehead atoms. The molecule has 1 unspecified atom stereocenters. The number of fused-ring (bicyclic) bond motifs is 1. The van der Waals surface area contributed by atoms with Crippen LogP contribution in [0, 0.1) is 5.41 Å². The van der Waals surface area contributed by atoms with Gasteiger partial charge in [0, 0.05) is 24.7 Å². The Labute approximate surface area is 159 Å². The zero-order valence-electron chi connectivity index (χ0n) is 14.5. The predicted molar refractivity (Wildman–Crippen MR) is 97.7 cm³/mol. The molecule has 2 aliphatic heterocycles. The number of likely N-dealkylation sites (tertiary alicyclic amines) is 1. The summed E-state index contributed by atoms with van der Waals surface area (Å²) < 4.78 is 26.3. The van der Waals surface area contributed by atoms with Gasteiger partial charge in [0.05, 0.1) is 5.56 Å². The Bertz CT molecular complexity index is 884. The maximum absolute atomic E-state index is 12.8. The number of nitrogens with two attached hydrogens (primary N) is 1. The second-order valence-electron chi connectivity index (χ2n) is 7.54. The second-order valence-corrected chi connectivity index (χ2v) is 9.32. The second kappa shape index (κ2) is 6.21. The zero-order valence-corrected chi connectivity index (χ0v) is 16.1. The highest BCUT2D eigenvalue weighted by Gasteiger charge is 2.49. The van der Waals surface area contributed by atoms with Crippen LogP contribution < -0.4 is 5.73 Å². The molecule has 2 amide bonds. The maximum Gasteiger partial charge on any atom is 0.269 e. The van der Waals surface area contributed by atoms with E-state index in [1.165, 1.54) is 12.1 Å². The van der Waals surface area contributed by atoms with E-state index in [9.17, 15) is 18.0 Å². The number of carbonyl (C=O) groups is 2. The Balaban J connectivity index is 0.00000196. The van der Waals surface area contributed by atoms with Gasteiger partial charge in [0.25, 0.3) is 21.8 Å². The van der Waals surface area contributed by atoms with Crippen LogP contribution in [0.1, 0.15) is 46.9 Å². The van der Waals surface area contributed by atoms with Gasteiger partial charge < -0.3 is 10.6 Å². The van der Waals surface area contributed by atoms with Crippen LogP contribution in [0.3, 0.4) is 0 Å². The highest BCUT2D eigenvalue weighted by molar-refractivity contribution is 7.90. The van der Waals surface area contributed by atoms with E-state index in [0.29, 0.717) is 38.0 Å².